The van der Waals surface area contributed by atoms with Crippen LogP contribution in [-0.2, 0) is 6.42 Å². The monoisotopic (exact) mass is 518 g/mol. The molecule has 0 atom stereocenters. The Kier molecular flexibility index (Phi) is 8.61. The minimum atomic E-state index is -0.814. The quantitative estimate of drug-likeness (QED) is 0.292. The van der Waals surface area contributed by atoms with E-state index in [1.807, 2.05) is 24.3 Å². The van der Waals surface area contributed by atoms with Crippen molar-refractivity contribution < 1.29 is 13.2 Å². The molecule has 2 aliphatic carbocycles. The Hall–Kier alpha value is -2.55. The van der Waals surface area contributed by atoms with Gasteiger partial charge in [-0.05, 0) is 103 Å². The third kappa shape index (κ3) is 5.72. The Morgan fingerprint density at radius 3 is 1.84 bits per heavy atom. The van der Waals surface area contributed by atoms with Gasteiger partial charge in [0.25, 0.3) is 0 Å². The van der Waals surface area contributed by atoms with Crippen LogP contribution in [0.1, 0.15) is 95.1 Å². The molecule has 0 aliphatic heterocycles. The van der Waals surface area contributed by atoms with Gasteiger partial charge in [0.2, 0.25) is 0 Å². The summed E-state index contributed by atoms with van der Waals surface area (Å²) < 4.78 is 44.2. The Morgan fingerprint density at radius 2 is 1.24 bits per heavy atom. The summed E-state index contributed by atoms with van der Waals surface area (Å²) >= 11 is 0. The first-order valence-electron chi connectivity index (χ1n) is 14.9. The Morgan fingerprint density at radius 1 is 0.632 bits per heavy atom. The van der Waals surface area contributed by atoms with E-state index in [0.29, 0.717) is 23.5 Å². The lowest BCUT2D eigenvalue weighted by Gasteiger charge is -2.38. The van der Waals surface area contributed by atoms with Crippen molar-refractivity contribution in [2.75, 3.05) is 0 Å². The van der Waals surface area contributed by atoms with Gasteiger partial charge in [-0.1, -0.05) is 88.1 Å². The zero-order chi connectivity index (χ0) is 26.6. The van der Waals surface area contributed by atoms with E-state index in [1.54, 1.807) is 37.3 Å². The average molecular weight is 519 g/mol. The van der Waals surface area contributed by atoms with Crippen molar-refractivity contribution in [1.29, 1.82) is 0 Å². The van der Waals surface area contributed by atoms with Crippen LogP contribution in [0.25, 0.3) is 22.3 Å². The van der Waals surface area contributed by atoms with Gasteiger partial charge in [0, 0.05) is 5.56 Å². The van der Waals surface area contributed by atoms with Crippen LogP contribution in [-0.4, -0.2) is 0 Å². The van der Waals surface area contributed by atoms with E-state index in [1.165, 1.54) is 51.4 Å². The van der Waals surface area contributed by atoms with Gasteiger partial charge in [-0.3, -0.25) is 0 Å². The third-order valence-corrected chi connectivity index (χ3v) is 9.54. The molecule has 0 radical (unpaired) electrons. The summed E-state index contributed by atoms with van der Waals surface area (Å²) in [5.74, 6) is 1.25. The normalized spacial score (nSPS) is 23.9. The molecule has 0 aromatic heterocycles. The lowest BCUT2D eigenvalue weighted by atomic mass is 9.68. The largest absolute Gasteiger partial charge is 0.207 e. The van der Waals surface area contributed by atoms with Gasteiger partial charge in [-0.2, -0.15) is 0 Å². The topological polar surface area (TPSA) is 0 Å². The zero-order valence-electron chi connectivity index (χ0n) is 22.9. The van der Waals surface area contributed by atoms with Gasteiger partial charge in [0.05, 0.1) is 0 Å². The van der Waals surface area contributed by atoms with E-state index in [2.05, 4.69) is 6.92 Å². The molecular formula is C35H41F3. The molecule has 2 fully saturated rings. The van der Waals surface area contributed by atoms with Gasteiger partial charge in [0.15, 0.2) is 11.6 Å². The van der Waals surface area contributed by atoms with E-state index < -0.39 is 11.6 Å². The number of rotatable bonds is 7. The minimum absolute atomic E-state index is 0.127. The van der Waals surface area contributed by atoms with Crippen LogP contribution in [0.3, 0.4) is 0 Å². The molecule has 202 valence electrons. The predicted molar refractivity (Wildman–Crippen MR) is 152 cm³/mol. The maximum absolute atomic E-state index is 15.3. The zero-order valence-corrected chi connectivity index (χ0v) is 22.9. The van der Waals surface area contributed by atoms with Gasteiger partial charge in [0.1, 0.15) is 5.82 Å². The van der Waals surface area contributed by atoms with Gasteiger partial charge in [-0.15, -0.1) is 0 Å². The fourth-order valence-electron chi connectivity index (χ4n) is 7.22. The number of aryl methyl sites for hydroxylation is 1. The molecule has 3 heteroatoms. The standard InChI is InChI=1S/C35H41F3/c1-3-5-23-6-8-25(9-7-23)26-10-14-28(15-11-26)31-20-19-30(22-33(31)36)27-12-16-29(17-13-27)32-21-18-24(4-2)34(37)35(32)38/h12-13,16-23,25-26,28H,3-11,14-15H2,1-2H3. The molecule has 2 aliphatic rings. The molecule has 0 N–H and O–H groups in total. The first-order chi connectivity index (χ1) is 18.5. The Balaban J connectivity index is 1.22. The smallest absolute Gasteiger partial charge is 0.166 e. The van der Waals surface area contributed by atoms with Crippen LogP contribution >= 0.6 is 0 Å². The number of halogens is 3. The van der Waals surface area contributed by atoms with E-state index in [9.17, 15) is 8.78 Å². The predicted octanol–water partition coefficient (Wildman–Crippen LogP) is 10.9. The molecule has 3 aromatic rings. The molecule has 38 heavy (non-hydrogen) atoms. The van der Waals surface area contributed by atoms with E-state index >= 15 is 4.39 Å². The van der Waals surface area contributed by atoms with E-state index in [4.69, 9.17) is 0 Å². The highest BCUT2D eigenvalue weighted by Gasteiger charge is 2.31. The maximum Gasteiger partial charge on any atom is 0.166 e. The number of hydrogen-bond acceptors (Lipinski definition) is 0. The molecule has 2 saturated carbocycles. The highest BCUT2D eigenvalue weighted by molar-refractivity contribution is 5.71. The summed E-state index contributed by atoms with van der Waals surface area (Å²) in [5.41, 5.74) is 3.76. The SMILES string of the molecule is CCCC1CCC(C2CCC(c3ccc(-c4ccc(-c5ccc(CC)c(F)c5F)cc4)cc3F)CC2)CC1. The van der Waals surface area contributed by atoms with Gasteiger partial charge < -0.3 is 0 Å². The summed E-state index contributed by atoms with van der Waals surface area (Å²) in [5, 5.41) is 0. The second kappa shape index (κ2) is 12.1. The lowest BCUT2D eigenvalue weighted by Crippen LogP contribution is -2.25. The van der Waals surface area contributed by atoms with Crippen LogP contribution in [0, 0.1) is 35.2 Å². The summed E-state index contributed by atoms with van der Waals surface area (Å²) in [6.07, 6.45) is 13.4. The second-order valence-corrected chi connectivity index (χ2v) is 11.7. The van der Waals surface area contributed by atoms with Crippen LogP contribution < -0.4 is 0 Å². The van der Waals surface area contributed by atoms with Crippen molar-refractivity contribution in [1.82, 2.24) is 0 Å². The Bertz CT molecular complexity index is 1210. The molecular weight excluding hydrogens is 477 g/mol. The molecule has 0 nitrogen and oxygen atoms in total. The highest BCUT2D eigenvalue weighted by Crippen LogP contribution is 2.45. The summed E-state index contributed by atoms with van der Waals surface area (Å²) in [4.78, 5) is 0. The summed E-state index contributed by atoms with van der Waals surface area (Å²) in [6.45, 7) is 4.11. The molecule has 0 unspecified atom stereocenters. The summed E-state index contributed by atoms with van der Waals surface area (Å²) in [7, 11) is 0. The fourth-order valence-corrected chi connectivity index (χ4v) is 7.22. The number of benzene rings is 3. The van der Waals surface area contributed by atoms with Crippen LogP contribution in [0.2, 0.25) is 0 Å². The van der Waals surface area contributed by atoms with Crippen LogP contribution in [0.15, 0.2) is 54.6 Å². The van der Waals surface area contributed by atoms with Gasteiger partial charge >= 0.3 is 0 Å². The first-order valence-corrected chi connectivity index (χ1v) is 14.9. The third-order valence-electron chi connectivity index (χ3n) is 9.54. The van der Waals surface area contributed by atoms with Crippen molar-refractivity contribution in [2.24, 2.45) is 17.8 Å². The molecule has 3 aromatic carbocycles. The highest BCUT2D eigenvalue weighted by atomic mass is 19.2. The Labute approximate surface area is 226 Å². The van der Waals surface area contributed by atoms with Crippen LogP contribution in [0.4, 0.5) is 13.2 Å². The van der Waals surface area contributed by atoms with Crippen molar-refractivity contribution in [3.63, 3.8) is 0 Å². The minimum Gasteiger partial charge on any atom is -0.207 e. The second-order valence-electron chi connectivity index (χ2n) is 11.7. The molecule has 0 heterocycles. The van der Waals surface area contributed by atoms with E-state index in [-0.39, 0.29) is 11.4 Å². The maximum atomic E-state index is 15.3. The van der Waals surface area contributed by atoms with E-state index in [0.717, 1.165) is 47.3 Å². The molecule has 0 spiro atoms. The fraction of sp³-hybridized carbons (Fsp3) is 0.486. The van der Waals surface area contributed by atoms with Crippen LogP contribution in [0.5, 0.6) is 0 Å². The molecule has 0 bridgehead atoms. The van der Waals surface area contributed by atoms with Gasteiger partial charge in [-0.25, -0.2) is 13.2 Å². The van der Waals surface area contributed by atoms with Crippen molar-refractivity contribution in [3.8, 4) is 22.3 Å². The molecule has 5 rings (SSSR count). The molecule has 0 saturated heterocycles. The summed E-state index contributed by atoms with van der Waals surface area (Å²) in [6, 6.07) is 16.2. The average Bonchev–Trinajstić information content (AvgIpc) is 2.95. The number of hydrogen-bond donors (Lipinski definition) is 0. The van der Waals surface area contributed by atoms with Crippen molar-refractivity contribution in [3.05, 3.63) is 83.2 Å². The van der Waals surface area contributed by atoms with Crippen molar-refractivity contribution in [2.45, 2.75) is 90.4 Å². The lowest BCUT2D eigenvalue weighted by molar-refractivity contribution is 0.156. The van der Waals surface area contributed by atoms with Crippen molar-refractivity contribution >= 4 is 0 Å². The molecule has 0 amide bonds. The first kappa shape index (κ1) is 27.0.